The highest BCUT2D eigenvalue weighted by Gasteiger charge is 2.32. The third-order valence-electron chi connectivity index (χ3n) is 5.79. The van der Waals surface area contributed by atoms with Gasteiger partial charge in [-0.05, 0) is 49.1 Å². The number of likely N-dealkylation sites (tertiary alicyclic amines) is 1. The van der Waals surface area contributed by atoms with Crippen molar-refractivity contribution in [2.24, 2.45) is 5.92 Å². The Balaban J connectivity index is 1.59. The molecule has 2 aromatic carbocycles. The van der Waals surface area contributed by atoms with Gasteiger partial charge in [0.05, 0.1) is 23.5 Å². The first-order valence-electron chi connectivity index (χ1n) is 11.1. The summed E-state index contributed by atoms with van der Waals surface area (Å²) in [6.45, 7) is 15.5. The molecular weight excluding hydrogens is 434 g/mol. The Hall–Kier alpha value is -3.21. The molecule has 33 heavy (non-hydrogen) atoms. The van der Waals surface area contributed by atoms with Gasteiger partial charge in [-0.1, -0.05) is 31.2 Å². The monoisotopic (exact) mass is 461 g/mol. The molecule has 0 amide bonds. The first-order valence-corrected chi connectivity index (χ1v) is 11.9. The van der Waals surface area contributed by atoms with E-state index in [9.17, 15) is 4.79 Å². The molecule has 0 atom stereocenters. The summed E-state index contributed by atoms with van der Waals surface area (Å²) in [5, 5.41) is 10.0. The Morgan fingerprint density at radius 3 is 2.79 bits per heavy atom. The van der Waals surface area contributed by atoms with Crippen molar-refractivity contribution in [2.75, 3.05) is 13.1 Å². The largest absolute Gasteiger partial charge is 0.502 e. The van der Waals surface area contributed by atoms with Crippen molar-refractivity contribution in [2.45, 2.75) is 39.8 Å². The number of hydrogen-bond acceptors (Lipinski definition) is 5. The fraction of sp³-hybridized carbons (Fsp3) is 0.346. The van der Waals surface area contributed by atoms with Gasteiger partial charge in [0.25, 0.3) is 0 Å². The van der Waals surface area contributed by atoms with Crippen molar-refractivity contribution >= 4 is 23.0 Å². The predicted molar refractivity (Wildman–Crippen MR) is 131 cm³/mol. The number of benzene rings is 2. The Morgan fingerprint density at radius 1 is 1.33 bits per heavy atom. The van der Waals surface area contributed by atoms with Crippen LogP contribution in [0.4, 0.5) is 5.69 Å². The van der Waals surface area contributed by atoms with Crippen LogP contribution in [0, 0.1) is 12.5 Å². The van der Waals surface area contributed by atoms with E-state index in [-0.39, 0.29) is 12.0 Å². The lowest BCUT2D eigenvalue weighted by Crippen LogP contribution is -2.49. The fourth-order valence-electron chi connectivity index (χ4n) is 4.15. The zero-order valence-electron chi connectivity index (χ0n) is 19.0. The minimum Gasteiger partial charge on any atom is -0.502 e. The highest BCUT2D eigenvalue weighted by molar-refractivity contribution is 7.18. The Labute approximate surface area is 198 Å². The second-order valence-corrected chi connectivity index (χ2v) is 9.55. The molecule has 7 heteroatoms. The van der Waals surface area contributed by atoms with Crippen LogP contribution in [0.3, 0.4) is 0 Å². The average molecular weight is 462 g/mol. The van der Waals surface area contributed by atoms with Crippen molar-refractivity contribution in [3.8, 4) is 26.8 Å². The standard InChI is InChI=1S/C26H27N3O3S/c1-5-20-18(13-29-14-19(15-29)26(30)31)7-6-8-21(20)24-12-28-25(33-24)17-9-10-23(32-16(2)3)22(11-17)27-4/h6-12,16,19H,5,13-15H2,1-3H3,(H,30,31). The molecule has 1 saturated heterocycles. The van der Waals surface area contributed by atoms with Crippen LogP contribution in [0.15, 0.2) is 42.6 Å². The molecule has 0 bridgehead atoms. The van der Waals surface area contributed by atoms with Gasteiger partial charge in [-0.2, -0.15) is 0 Å². The van der Waals surface area contributed by atoms with Crippen LogP contribution in [0.5, 0.6) is 5.75 Å². The topological polar surface area (TPSA) is 67.0 Å². The van der Waals surface area contributed by atoms with Crippen LogP contribution < -0.4 is 4.74 Å². The molecule has 6 nitrogen and oxygen atoms in total. The number of thiazole rings is 1. The third kappa shape index (κ3) is 4.92. The number of carbonyl (C=O) groups is 1. The van der Waals surface area contributed by atoms with Crippen molar-refractivity contribution in [1.29, 1.82) is 0 Å². The normalized spacial score (nSPS) is 14.2. The van der Waals surface area contributed by atoms with E-state index in [0.29, 0.717) is 24.5 Å². The van der Waals surface area contributed by atoms with E-state index in [1.165, 1.54) is 16.7 Å². The number of carboxylic acid groups (broad SMARTS) is 1. The molecule has 4 rings (SSSR count). The molecule has 0 aliphatic carbocycles. The lowest BCUT2D eigenvalue weighted by molar-refractivity contribution is -0.147. The van der Waals surface area contributed by atoms with Crippen molar-refractivity contribution < 1.29 is 14.6 Å². The Morgan fingerprint density at radius 2 is 2.12 bits per heavy atom. The number of rotatable bonds is 8. The number of nitrogens with zero attached hydrogens (tertiary/aromatic N) is 3. The van der Waals surface area contributed by atoms with Crippen LogP contribution in [0.2, 0.25) is 0 Å². The average Bonchev–Trinajstić information content (AvgIpc) is 3.25. The predicted octanol–water partition coefficient (Wildman–Crippen LogP) is 5.89. The SMILES string of the molecule is [C-]#[N+]c1cc(-c2ncc(-c3cccc(CN4CC(C(=O)O)C4)c3CC)s2)ccc1OC(C)C. The summed E-state index contributed by atoms with van der Waals surface area (Å²) >= 11 is 1.61. The number of ether oxygens (including phenoxy) is 1. The molecule has 0 radical (unpaired) electrons. The highest BCUT2D eigenvalue weighted by atomic mass is 32.1. The van der Waals surface area contributed by atoms with Crippen molar-refractivity contribution in [3.63, 3.8) is 0 Å². The van der Waals surface area contributed by atoms with Crippen LogP contribution in [-0.4, -0.2) is 40.2 Å². The van der Waals surface area contributed by atoms with Crippen LogP contribution >= 0.6 is 11.3 Å². The van der Waals surface area contributed by atoms with Gasteiger partial charge in [-0.25, -0.2) is 9.83 Å². The van der Waals surface area contributed by atoms with Crippen molar-refractivity contribution in [1.82, 2.24) is 9.88 Å². The summed E-state index contributed by atoms with van der Waals surface area (Å²) in [5.41, 5.74) is 5.07. The summed E-state index contributed by atoms with van der Waals surface area (Å²) in [7, 11) is 0. The maximum Gasteiger partial charge on any atom is 0.309 e. The van der Waals surface area contributed by atoms with Gasteiger partial charge in [-0.3, -0.25) is 9.69 Å². The molecule has 3 aromatic rings. The first kappa shape index (κ1) is 23.0. The van der Waals surface area contributed by atoms with Crippen LogP contribution in [-0.2, 0) is 17.8 Å². The number of aliphatic carboxylic acids is 1. The molecule has 0 unspecified atom stereocenters. The number of hydrogen-bond donors (Lipinski definition) is 1. The number of carboxylic acids is 1. The lowest BCUT2D eigenvalue weighted by atomic mass is 9.94. The highest BCUT2D eigenvalue weighted by Crippen LogP contribution is 2.39. The minimum absolute atomic E-state index is 0.00818. The summed E-state index contributed by atoms with van der Waals surface area (Å²) < 4.78 is 5.74. The number of aromatic nitrogens is 1. The zero-order chi connectivity index (χ0) is 23.5. The van der Waals surface area contributed by atoms with Gasteiger partial charge in [0.15, 0.2) is 0 Å². The van der Waals surface area contributed by atoms with E-state index in [0.717, 1.165) is 28.4 Å². The second kappa shape index (κ2) is 9.74. The van der Waals surface area contributed by atoms with E-state index in [4.69, 9.17) is 16.4 Å². The first-order chi connectivity index (χ1) is 15.9. The Kier molecular flexibility index (Phi) is 6.77. The smallest absolute Gasteiger partial charge is 0.309 e. The molecule has 1 aliphatic heterocycles. The van der Waals surface area contributed by atoms with Crippen LogP contribution in [0.25, 0.3) is 25.9 Å². The van der Waals surface area contributed by atoms with Crippen LogP contribution in [0.1, 0.15) is 31.9 Å². The summed E-state index contributed by atoms with van der Waals surface area (Å²) in [6.07, 6.45) is 2.80. The minimum atomic E-state index is -0.710. The molecule has 1 fully saturated rings. The molecule has 2 heterocycles. The summed E-state index contributed by atoms with van der Waals surface area (Å²) in [5.74, 6) is -0.365. The van der Waals surface area contributed by atoms with Crippen molar-refractivity contribution in [3.05, 3.63) is 65.1 Å². The second-order valence-electron chi connectivity index (χ2n) is 8.52. The van der Waals surface area contributed by atoms with Gasteiger partial charge < -0.3 is 9.84 Å². The molecule has 1 aliphatic rings. The van der Waals surface area contributed by atoms with Gasteiger partial charge >= 0.3 is 5.97 Å². The van der Waals surface area contributed by atoms with E-state index in [2.05, 4.69) is 39.9 Å². The molecule has 0 saturated carbocycles. The molecule has 1 aromatic heterocycles. The zero-order valence-corrected chi connectivity index (χ0v) is 19.9. The summed E-state index contributed by atoms with van der Waals surface area (Å²) in [4.78, 5) is 22.7. The Bertz CT molecular complexity index is 1210. The summed E-state index contributed by atoms with van der Waals surface area (Å²) in [6, 6.07) is 12.0. The molecule has 170 valence electrons. The lowest BCUT2D eigenvalue weighted by Gasteiger charge is -2.37. The quantitative estimate of drug-likeness (QED) is 0.424. The maximum absolute atomic E-state index is 11.1. The van der Waals surface area contributed by atoms with Gasteiger partial charge in [-0.15, -0.1) is 11.3 Å². The molecular formula is C26H27N3O3S. The third-order valence-corrected chi connectivity index (χ3v) is 6.87. The van der Waals surface area contributed by atoms with Gasteiger partial charge in [0, 0.05) is 31.4 Å². The van der Waals surface area contributed by atoms with E-state index in [1.807, 2.05) is 38.2 Å². The van der Waals surface area contributed by atoms with E-state index < -0.39 is 5.97 Å². The fourth-order valence-corrected chi connectivity index (χ4v) is 5.12. The van der Waals surface area contributed by atoms with Gasteiger partial charge in [0.1, 0.15) is 10.8 Å². The molecule has 0 spiro atoms. The maximum atomic E-state index is 11.1. The van der Waals surface area contributed by atoms with E-state index >= 15 is 0 Å². The van der Waals surface area contributed by atoms with Gasteiger partial charge in [0.2, 0.25) is 5.69 Å². The molecule has 1 N–H and O–H groups in total. The van der Waals surface area contributed by atoms with E-state index in [1.54, 1.807) is 11.3 Å².